The molecule has 8 nitrogen and oxygen atoms in total. The van der Waals surface area contributed by atoms with E-state index in [0.29, 0.717) is 18.9 Å². The minimum atomic E-state index is -1.70. The van der Waals surface area contributed by atoms with Gasteiger partial charge in [-0.2, -0.15) is 0 Å². The summed E-state index contributed by atoms with van der Waals surface area (Å²) in [5, 5.41) is 49.7. The van der Waals surface area contributed by atoms with Crippen molar-refractivity contribution < 1.29 is 35.1 Å². The third-order valence-electron chi connectivity index (χ3n) is 4.08. The number of unbranched alkanes of at least 4 members (excludes halogenated alkanes) is 1. The van der Waals surface area contributed by atoms with Gasteiger partial charge in [0.05, 0.1) is 12.5 Å². The van der Waals surface area contributed by atoms with Crippen LogP contribution in [0.4, 0.5) is 0 Å². The first-order chi connectivity index (χ1) is 12.9. The fourth-order valence-electron chi connectivity index (χ4n) is 2.66. The Balaban J connectivity index is 4.37. The molecular weight excluding hydrogens is 366 g/mol. The first-order valence-corrected chi connectivity index (χ1v) is 9.89. The third-order valence-corrected chi connectivity index (χ3v) is 4.08. The quantitative estimate of drug-likeness (QED) is 0.153. The molecule has 0 amide bonds. The summed E-state index contributed by atoms with van der Waals surface area (Å²) in [7, 11) is 0. The highest BCUT2D eigenvalue weighted by atomic mass is 16.6. The second-order valence-corrected chi connectivity index (χ2v) is 8.56. The van der Waals surface area contributed by atoms with Gasteiger partial charge in [0.25, 0.3) is 0 Å². The zero-order valence-electron chi connectivity index (χ0n) is 17.8. The molecule has 0 bridgehead atoms. The maximum absolute atomic E-state index is 12.4. The van der Waals surface area contributed by atoms with Crippen molar-refractivity contribution in [1.29, 1.82) is 0 Å². The van der Waals surface area contributed by atoms with Crippen LogP contribution >= 0.6 is 0 Å². The molecule has 6 N–H and O–H groups in total. The molecule has 0 aromatic heterocycles. The lowest BCUT2D eigenvalue weighted by Gasteiger charge is -2.25. The number of hydrogen-bond acceptors (Lipinski definition) is 8. The van der Waals surface area contributed by atoms with Gasteiger partial charge in [0.15, 0.2) is 0 Å². The third kappa shape index (κ3) is 11.5. The van der Waals surface area contributed by atoms with Crippen LogP contribution in [0.15, 0.2) is 12.0 Å². The van der Waals surface area contributed by atoms with Crippen molar-refractivity contribution in [2.75, 3.05) is 13.2 Å². The van der Waals surface area contributed by atoms with Gasteiger partial charge in [0, 0.05) is 12.7 Å². The number of aliphatic hydroxyl groups excluding tert-OH is 5. The molecular formula is C20H39NO7. The van der Waals surface area contributed by atoms with Crippen LogP contribution in [0.3, 0.4) is 0 Å². The van der Waals surface area contributed by atoms with Crippen LogP contribution in [-0.4, -0.2) is 68.6 Å². The summed E-state index contributed by atoms with van der Waals surface area (Å²) in [6.07, 6.45) is -0.792. The fourth-order valence-corrected chi connectivity index (χ4v) is 2.66. The minimum absolute atomic E-state index is 0.153. The molecule has 0 aromatic carbocycles. The maximum atomic E-state index is 12.4. The number of ether oxygens (including phenoxy) is 1. The van der Waals surface area contributed by atoms with Crippen LogP contribution in [-0.2, 0) is 9.53 Å². The highest BCUT2D eigenvalue weighted by molar-refractivity contribution is 5.72. The van der Waals surface area contributed by atoms with E-state index in [-0.39, 0.29) is 11.9 Å². The van der Waals surface area contributed by atoms with E-state index in [1.54, 1.807) is 0 Å². The van der Waals surface area contributed by atoms with Crippen molar-refractivity contribution in [2.45, 2.75) is 84.2 Å². The minimum Gasteiger partial charge on any atom is -0.508 e. The first-order valence-electron chi connectivity index (χ1n) is 9.89. The van der Waals surface area contributed by atoms with Gasteiger partial charge in [-0.25, -0.2) is 0 Å². The normalized spacial score (nSPS) is 17.1. The van der Waals surface area contributed by atoms with E-state index in [0.717, 1.165) is 25.5 Å². The van der Waals surface area contributed by atoms with Gasteiger partial charge in [-0.15, -0.1) is 0 Å². The largest absolute Gasteiger partial charge is 0.508 e. The molecule has 0 rings (SSSR count). The van der Waals surface area contributed by atoms with Gasteiger partial charge < -0.3 is 35.6 Å². The van der Waals surface area contributed by atoms with Gasteiger partial charge in [0.1, 0.15) is 29.7 Å². The number of hydrogen-bond donors (Lipinski definition) is 6. The molecule has 0 saturated carbocycles. The number of aliphatic hydroxyl groups is 5. The van der Waals surface area contributed by atoms with Crippen molar-refractivity contribution in [3.63, 3.8) is 0 Å². The van der Waals surface area contributed by atoms with Crippen molar-refractivity contribution in [3.8, 4) is 0 Å². The lowest BCUT2D eigenvalue weighted by Crippen LogP contribution is -2.40. The van der Waals surface area contributed by atoms with E-state index in [4.69, 9.17) is 9.84 Å². The zero-order chi connectivity index (χ0) is 21.9. The molecule has 0 aliphatic rings. The summed E-state index contributed by atoms with van der Waals surface area (Å²) < 4.78 is 5.50. The van der Waals surface area contributed by atoms with Gasteiger partial charge in [-0.1, -0.05) is 20.3 Å². The molecule has 0 aliphatic heterocycles. The zero-order valence-corrected chi connectivity index (χ0v) is 17.8. The molecule has 0 radical (unpaired) electrons. The predicted molar refractivity (Wildman–Crippen MR) is 106 cm³/mol. The Labute approximate surface area is 168 Å². The molecule has 4 atom stereocenters. The summed E-state index contributed by atoms with van der Waals surface area (Å²) in [6, 6.07) is 0. The summed E-state index contributed by atoms with van der Waals surface area (Å²) >= 11 is 0. The molecule has 0 spiro atoms. The second kappa shape index (κ2) is 13.0. The highest BCUT2D eigenvalue weighted by Crippen LogP contribution is 2.22. The van der Waals surface area contributed by atoms with E-state index in [2.05, 4.69) is 19.2 Å². The van der Waals surface area contributed by atoms with E-state index >= 15 is 0 Å². The van der Waals surface area contributed by atoms with E-state index in [9.17, 15) is 25.2 Å². The van der Waals surface area contributed by atoms with Crippen molar-refractivity contribution in [2.24, 2.45) is 11.8 Å². The smallest absolute Gasteiger partial charge is 0.309 e. The van der Waals surface area contributed by atoms with Gasteiger partial charge in [0.2, 0.25) is 0 Å². The fraction of sp³-hybridized carbons (Fsp3) is 0.850. The van der Waals surface area contributed by atoms with Crippen molar-refractivity contribution >= 4 is 5.97 Å². The number of rotatable bonds is 13. The standard InChI is InChI=1S/C20H39NO7/c1-13(2)10-14(19(27)28-20(3,4)5)8-6-7-9-21-11-15(23)17(25)18(26)16(24)12-22/h11,13-14,16-18,21-26H,6-10,12H2,1-5H3/b15-11-. The van der Waals surface area contributed by atoms with Crippen molar-refractivity contribution in [1.82, 2.24) is 5.32 Å². The Morgan fingerprint density at radius 1 is 1.14 bits per heavy atom. The Bertz CT molecular complexity index is 474. The van der Waals surface area contributed by atoms with Gasteiger partial charge in [-0.05, 0) is 46.0 Å². The predicted octanol–water partition coefficient (Wildman–Crippen LogP) is 1.22. The number of carbonyl (C=O) groups excluding carboxylic acids is 1. The molecule has 166 valence electrons. The monoisotopic (exact) mass is 405 g/mol. The van der Waals surface area contributed by atoms with Crippen LogP contribution in [0.2, 0.25) is 0 Å². The van der Waals surface area contributed by atoms with E-state index in [1.807, 2.05) is 20.8 Å². The van der Waals surface area contributed by atoms with Crippen LogP contribution < -0.4 is 5.32 Å². The van der Waals surface area contributed by atoms with Crippen LogP contribution in [0, 0.1) is 11.8 Å². The number of carbonyl (C=O) groups is 1. The van der Waals surface area contributed by atoms with E-state index < -0.39 is 36.3 Å². The van der Waals surface area contributed by atoms with Crippen LogP contribution in [0.1, 0.15) is 60.3 Å². The average molecular weight is 406 g/mol. The Kier molecular flexibility index (Phi) is 12.4. The SMILES string of the molecule is CC(C)CC(CCCCN/C=C(\O)C(O)C(O)C(O)CO)C(=O)OC(C)(C)C. The molecule has 0 fully saturated rings. The lowest BCUT2D eigenvalue weighted by atomic mass is 9.92. The summed E-state index contributed by atoms with van der Waals surface area (Å²) in [4.78, 5) is 12.4. The molecule has 0 aliphatic carbocycles. The Morgan fingerprint density at radius 3 is 2.25 bits per heavy atom. The van der Waals surface area contributed by atoms with Crippen molar-refractivity contribution in [3.05, 3.63) is 12.0 Å². The average Bonchev–Trinajstić information content (AvgIpc) is 2.59. The molecule has 28 heavy (non-hydrogen) atoms. The lowest BCUT2D eigenvalue weighted by molar-refractivity contribution is -0.160. The first kappa shape index (κ1) is 26.6. The van der Waals surface area contributed by atoms with Crippen LogP contribution in [0.25, 0.3) is 0 Å². The van der Waals surface area contributed by atoms with E-state index in [1.165, 1.54) is 0 Å². The van der Waals surface area contributed by atoms with Gasteiger partial charge in [-0.3, -0.25) is 4.79 Å². The van der Waals surface area contributed by atoms with Gasteiger partial charge >= 0.3 is 5.97 Å². The molecule has 0 heterocycles. The number of esters is 1. The summed E-state index contributed by atoms with van der Waals surface area (Å²) in [5.74, 6) is -0.476. The highest BCUT2D eigenvalue weighted by Gasteiger charge is 2.27. The molecule has 0 saturated heterocycles. The maximum Gasteiger partial charge on any atom is 0.309 e. The summed E-state index contributed by atoms with van der Waals surface area (Å²) in [5.41, 5.74) is -0.509. The Morgan fingerprint density at radius 2 is 1.75 bits per heavy atom. The molecule has 4 unspecified atom stereocenters. The topological polar surface area (TPSA) is 139 Å². The number of nitrogens with one attached hydrogen (secondary N) is 1. The van der Waals surface area contributed by atoms with Crippen LogP contribution in [0.5, 0.6) is 0 Å². The molecule has 8 heteroatoms. The Hall–Kier alpha value is -1.35. The second-order valence-electron chi connectivity index (χ2n) is 8.56. The summed E-state index contributed by atoms with van der Waals surface area (Å²) in [6.45, 7) is 9.47. The molecule has 0 aromatic rings.